The third-order valence-electron chi connectivity index (χ3n) is 4.11. The average Bonchev–Trinajstić information content (AvgIpc) is 3.18. The van der Waals surface area contributed by atoms with E-state index in [2.05, 4.69) is 33.4 Å². The summed E-state index contributed by atoms with van der Waals surface area (Å²) in [5, 5.41) is 20.7. The van der Waals surface area contributed by atoms with E-state index in [-0.39, 0.29) is 11.8 Å². The highest BCUT2D eigenvalue weighted by molar-refractivity contribution is 7.12. The molecule has 3 N–H and O–H groups in total. The minimum atomic E-state index is -1.02. The number of amides is 1. The van der Waals surface area contributed by atoms with Gasteiger partial charge in [0, 0.05) is 28.3 Å². The standard InChI is InChI=1S/C19H17N3O2S/c1-19(2,24)6-5-12-3-4-17(25-12)14-8-18(23)21-16-9-15-11(7-13(14)16)10-20-22-15/h3-4,7,9-10,14,24H,8H2,1-2H3,(H,20,22)(H,21,23)/t14-/m1/s1. The lowest BCUT2D eigenvalue weighted by molar-refractivity contribution is -0.116. The van der Waals surface area contributed by atoms with Crippen molar-refractivity contribution >= 4 is 33.8 Å². The Bertz CT molecular complexity index is 1030. The number of hydrogen-bond acceptors (Lipinski definition) is 4. The van der Waals surface area contributed by atoms with Crippen molar-refractivity contribution in [2.45, 2.75) is 31.8 Å². The molecule has 1 atom stereocenters. The van der Waals surface area contributed by atoms with E-state index in [0.29, 0.717) is 6.42 Å². The van der Waals surface area contributed by atoms with Crippen molar-refractivity contribution in [3.8, 4) is 11.8 Å². The number of aliphatic hydroxyl groups is 1. The Hall–Kier alpha value is -2.62. The predicted octanol–water partition coefficient (Wildman–Crippen LogP) is 3.22. The number of hydrogen-bond donors (Lipinski definition) is 3. The number of carbonyl (C=O) groups is 1. The van der Waals surface area contributed by atoms with Crippen LogP contribution in [0.1, 0.15) is 41.5 Å². The molecule has 0 spiro atoms. The molecule has 0 saturated heterocycles. The number of H-pyrrole nitrogens is 1. The number of carbonyl (C=O) groups excluding carboxylic acids is 1. The van der Waals surface area contributed by atoms with Gasteiger partial charge in [-0.3, -0.25) is 9.89 Å². The van der Waals surface area contributed by atoms with Crippen molar-refractivity contribution in [1.82, 2.24) is 10.2 Å². The summed E-state index contributed by atoms with van der Waals surface area (Å²) in [6.45, 7) is 3.32. The van der Waals surface area contributed by atoms with E-state index in [1.807, 2.05) is 18.2 Å². The molecule has 0 aliphatic carbocycles. The van der Waals surface area contributed by atoms with Crippen molar-refractivity contribution in [3.63, 3.8) is 0 Å². The van der Waals surface area contributed by atoms with Gasteiger partial charge >= 0.3 is 0 Å². The first kappa shape index (κ1) is 15.9. The maximum Gasteiger partial charge on any atom is 0.225 e. The number of nitrogens with one attached hydrogen (secondary N) is 2. The van der Waals surface area contributed by atoms with E-state index in [9.17, 15) is 9.90 Å². The predicted molar refractivity (Wildman–Crippen MR) is 98.7 cm³/mol. The maximum atomic E-state index is 12.2. The van der Waals surface area contributed by atoms with Gasteiger partial charge in [-0.25, -0.2) is 0 Å². The van der Waals surface area contributed by atoms with Gasteiger partial charge in [0.2, 0.25) is 5.91 Å². The minimum absolute atomic E-state index is 0.00531. The molecule has 0 unspecified atom stereocenters. The van der Waals surface area contributed by atoms with Crippen molar-refractivity contribution in [2.24, 2.45) is 0 Å². The van der Waals surface area contributed by atoms with Gasteiger partial charge in [0.25, 0.3) is 0 Å². The van der Waals surface area contributed by atoms with Crippen LogP contribution in [0.5, 0.6) is 0 Å². The molecular weight excluding hydrogens is 334 g/mol. The Morgan fingerprint density at radius 2 is 2.20 bits per heavy atom. The summed E-state index contributed by atoms with van der Waals surface area (Å²) in [4.78, 5) is 14.1. The van der Waals surface area contributed by atoms with Crippen LogP contribution >= 0.6 is 11.3 Å². The number of rotatable bonds is 1. The van der Waals surface area contributed by atoms with Crippen molar-refractivity contribution in [3.05, 3.63) is 45.8 Å². The van der Waals surface area contributed by atoms with Crippen LogP contribution in [0.3, 0.4) is 0 Å². The van der Waals surface area contributed by atoms with Crippen LogP contribution < -0.4 is 5.32 Å². The first-order valence-corrected chi connectivity index (χ1v) is 8.83. The molecule has 6 heteroatoms. The normalized spacial score (nSPS) is 16.9. The molecule has 1 aliphatic rings. The van der Waals surface area contributed by atoms with Gasteiger partial charge in [-0.15, -0.1) is 11.3 Å². The largest absolute Gasteiger partial charge is 0.378 e. The summed E-state index contributed by atoms with van der Waals surface area (Å²) >= 11 is 1.57. The van der Waals surface area contributed by atoms with Crippen LogP contribution in [0.15, 0.2) is 30.5 Å². The third-order valence-corrected chi connectivity index (χ3v) is 5.23. The van der Waals surface area contributed by atoms with Crippen LogP contribution in [0.25, 0.3) is 10.9 Å². The Labute approximate surface area is 149 Å². The van der Waals surface area contributed by atoms with E-state index in [1.165, 1.54) is 0 Å². The summed E-state index contributed by atoms with van der Waals surface area (Å²) < 4.78 is 0. The summed E-state index contributed by atoms with van der Waals surface area (Å²) in [7, 11) is 0. The Morgan fingerprint density at radius 1 is 1.36 bits per heavy atom. The van der Waals surface area contributed by atoms with Gasteiger partial charge in [0.1, 0.15) is 5.60 Å². The van der Waals surface area contributed by atoms with Gasteiger partial charge < -0.3 is 10.4 Å². The van der Waals surface area contributed by atoms with Crippen LogP contribution in [-0.4, -0.2) is 26.8 Å². The zero-order valence-electron chi connectivity index (χ0n) is 13.9. The lowest BCUT2D eigenvalue weighted by atomic mass is 9.88. The highest BCUT2D eigenvalue weighted by Crippen LogP contribution is 2.41. The Kier molecular flexibility index (Phi) is 3.64. The van der Waals surface area contributed by atoms with Gasteiger partial charge in [-0.2, -0.15) is 5.10 Å². The molecule has 1 aromatic carbocycles. The first-order valence-electron chi connectivity index (χ1n) is 8.01. The van der Waals surface area contributed by atoms with Crippen LogP contribution in [0.4, 0.5) is 5.69 Å². The molecule has 3 heterocycles. The van der Waals surface area contributed by atoms with Crippen LogP contribution in [-0.2, 0) is 4.79 Å². The molecule has 2 aromatic heterocycles. The molecular formula is C19H17N3O2S. The number of thiophene rings is 1. The van der Waals surface area contributed by atoms with E-state index in [1.54, 1.807) is 31.4 Å². The fraction of sp³-hybridized carbons (Fsp3) is 0.263. The lowest BCUT2D eigenvalue weighted by Gasteiger charge is -2.25. The summed E-state index contributed by atoms with van der Waals surface area (Å²) in [5.74, 6) is 5.85. The van der Waals surface area contributed by atoms with Gasteiger partial charge in [-0.1, -0.05) is 11.8 Å². The molecule has 0 bridgehead atoms. The summed E-state index contributed by atoms with van der Waals surface area (Å²) in [6, 6.07) is 7.98. The highest BCUT2D eigenvalue weighted by atomic mass is 32.1. The van der Waals surface area contributed by atoms with E-state index >= 15 is 0 Å². The molecule has 25 heavy (non-hydrogen) atoms. The molecule has 0 fully saturated rings. The minimum Gasteiger partial charge on any atom is -0.378 e. The fourth-order valence-corrected chi connectivity index (χ4v) is 3.96. The maximum absolute atomic E-state index is 12.2. The SMILES string of the molecule is CC(C)(O)C#Cc1ccc([C@@H]2CC(=O)Nc3cc4[nH]ncc4cc32)s1. The third kappa shape index (κ3) is 3.16. The lowest BCUT2D eigenvalue weighted by Crippen LogP contribution is -2.23. The second-order valence-corrected chi connectivity index (χ2v) is 7.83. The monoisotopic (exact) mass is 351 g/mol. The van der Waals surface area contributed by atoms with E-state index < -0.39 is 5.60 Å². The second-order valence-electron chi connectivity index (χ2n) is 6.71. The highest BCUT2D eigenvalue weighted by Gasteiger charge is 2.28. The molecule has 3 aromatic rings. The zero-order chi connectivity index (χ0) is 17.6. The average molecular weight is 351 g/mol. The van der Waals surface area contributed by atoms with Gasteiger partial charge in [0.15, 0.2) is 0 Å². The molecule has 0 radical (unpaired) electrons. The fourth-order valence-electron chi connectivity index (χ4n) is 2.98. The number of fused-ring (bicyclic) bond motifs is 2. The number of nitrogens with zero attached hydrogens (tertiary/aromatic N) is 1. The second kappa shape index (κ2) is 5.73. The quantitative estimate of drug-likeness (QED) is 0.589. The topological polar surface area (TPSA) is 78.0 Å². The molecule has 4 rings (SSSR count). The Balaban J connectivity index is 1.75. The first-order chi connectivity index (χ1) is 11.9. The Morgan fingerprint density at radius 3 is 3.00 bits per heavy atom. The molecule has 126 valence electrons. The van der Waals surface area contributed by atoms with Gasteiger partial charge in [0.05, 0.1) is 16.6 Å². The number of anilines is 1. The number of aromatic amines is 1. The molecule has 0 saturated carbocycles. The van der Waals surface area contributed by atoms with Crippen molar-refractivity contribution in [1.29, 1.82) is 0 Å². The molecule has 5 nitrogen and oxygen atoms in total. The van der Waals surface area contributed by atoms with Crippen molar-refractivity contribution < 1.29 is 9.90 Å². The smallest absolute Gasteiger partial charge is 0.225 e. The number of aromatic nitrogens is 2. The van der Waals surface area contributed by atoms with E-state index in [4.69, 9.17) is 0 Å². The van der Waals surface area contributed by atoms with E-state index in [0.717, 1.165) is 31.9 Å². The number of benzene rings is 1. The van der Waals surface area contributed by atoms with Crippen LogP contribution in [0.2, 0.25) is 0 Å². The summed E-state index contributed by atoms with van der Waals surface area (Å²) in [5.41, 5.74) is 1.81. The van der Waals surface area contributed by atoms with Crippen molar-refractivity contribution in [2.75, 3.05) is 5.32 Å². The molecule has 1 amide bonds. The zero-order valence-corrected chi connectivity index (χ0v) is 14.7. The molecule has 1 aliphatic heterocycles. The van der Waals surface area contributed by atoms with Gasteiger partial charge in [-0.05, 0) is 43.7 Å². The summed E-state index contributed by atoms with van der Waals surface area (Å²) in [6.07, 6.45) is 2.20. The van der Waals surface area contributed by atoms with Crippen LogP contribution in [0, 0.1) is 11.8 Å².